The van der Waals surface area contributed by atoms with E-state index in [-0.39, 0.29) is 5.54 Å². The molecule has 2 aliphatic heterocycles. The SMILES string of the molecule is CC1(NCc2cccc3c2CN(C=O)C3)COC1. The van der Waals surface area contributed by atoms with Gasteiger partial charge in [-0.25, -0.2) is 0 Å². The maximum atomic E-state index is 10.9. The molecule has 0 radical (unpaired) electrons. The number of nitrogens with one attached hydrogen (secondary N) is 1. The number of carbonyl (C=O) groups is 1. The number of ether oxygens (including phenoxy) is 1. The molecule has 1 N–H and O–H groups in total. The molecular formula is C14H18N2O2. The van der Waals surface area contributed by atoms with E-state index in [1.807, 2.05) is 4.90 Å². The molecule has 0 aromatic heterocycles. The molecule has 0 unspecified atom stereocenters. The van der Waals surface area contributed by atoms with E-state index in [1.165, 1.54) is 16.7 Å². The molecule has 0 atom stereocenters. The Morgan fingerprint density at radius 1 is 1.44 bits per heavy atom. The molecule has 96 valence electrons. The Morgan fingerprint density at radius 2 is 2.28 bits per heavy atom. The van der Waals surface area contributed by atoms with Gasteiger partial charge in [-0.3, -0.25) is 4.79 Å². The molecule has 2 heterocycles. The van der Waals surface area contributed by atoms with E-state index < -0.39 is 0 Å². The predicted octanol–water partition coefficient (Wildman–Crippen LogP) is 1.04. The summed E-state index contributed by atoms with van der Waals surface area (Å²) < 4.78 is 5.24. The Morgan fingerprint density at radius 3 is 2.94 bits per heavy atom. The van der Waals surface area contributed by atoms with E-state index in [0.29, 0.717) is 0 Å². The van der Waals surface area contributed by atoms with Crippen LogP contribution in [-0.4, -0.2) is 30.1 Å². The molecule has 4 nitrogen and oxygen atoms in total. The number of amides is 1. The zero-order chi connectivity index (χ0) is 12.6. The zero-order valence-electron chi connectivity index (χ0n) is 10.6. The van der Waals surface area contributed by atoms with Crippen molar-refractivity contribution < 1.29 is 9.53 Å². The van der Waals surface area contributed by atoms with Gasteiger partial charge in [-0.15, -0.1) is 0 Å². The highest BCUT2D eigenvalue weighted by Gasteiger charge is 2.32. The molecule has 1 amide bonds. The number of hydrogen-bond acceptors (Lipinski definition) is 3. The summed E-state index contributed by atoms with van der Waals surface area (Å²) in [5.41, 5.74) is 3.99. The van der Waals surface area contributed by atoms with Crippen LogP contribution < -0.4 is 5.32 Å². The van der Waals surface area contributed by atoms with Crippen molar-refractivity contribution in [1.29, 1.82) is 0 Å². The molecule has 0 bridgehead atoms. The average molecular weight is 246 g/mol. The van der Waals surface area contributed by atoms with E-state index in [2.05, 4.69) is 30.4 Å². The van der Waals surface area contributed by atoms with Crippen molar-refractivity contribution >= 4 is 6.41 Å². The van der Waals surface area contributed by atoms with Crippen LogP contribution in [0.15, 0.2) is 18.2 Å². The minimum absolute atomic E-state index is 0.117. The van der Waals surface area contributed by atoms with Gasteiger partial charge < -0.3 is 15.0 Å². The van der Waals surface area contributed by atoms with Crippen molar-refractivity contribution in [3.05, 3.63) is 34.9 Å². The quantitative estimate of drug-likeness (QED) is 0.807. The van der Waals surface area contributed by atoms with Crippen LogP contribution in [0, 0.1) is 0 Å². The number of benzene rings is 1. The normalized spacial score (nSPS) is 20.4. The zero-order valence-corrected chi connectivity index (χ0v) is 10.6. The van der Waals surface area contributed by atoms with Crippen LogP contribution in [0.25, 0.3) is 0 Å². The van der Waals surface area contributed by atoms with Gasteiger partial charge in [0.2, 0.25) is 6.41 Å². The second-order valence-electron chi connectivity index (χ2n) is 5.47. The highest BCUT2D eigenvalue weighted by Crippen LogP contribution is 2.25. The number of nitrogens with zero attached hydrogens (tertiary/aromatic N) is 1. The highest BCUT2D eigenvalue weighted by molar-refractivity contribution is 5.52. The molecule has 1 fully saturated rings. The predicted molar refractivity (Wildman–Crippen MR) is 67.8 cm³/mol. The van der Waals surface area contributed by atoms with Crippen LogP contribution in [0.5, 0.6) is 0 Å². The van der Waals surface area contributed by atoms with Crippen LogP contribution in [0.4, 0.5) is 0 Å². The van der Waals surface area contributed by atoms with Crippen molar-refractivity contribution in [2.45, 2.75) is 32.1 Å². The third-order valence-corrected chi connectivity index (χ3v) is 3.80. The van der Waals surface area contributed by atoms with Crippen LogP contribution >= 0.6 is 0 Å². The summed E-state index contributed by atoms with van der Waals surface area (Å²) in [6.07, 6.45) is 0.929. The lowest BCUT2D eigenvalue weighted by atomic mass is 9.98. The molecule has 1 saturated heterocycles. The molecule has 0 spiro atoms. The Kier molecular flexibility index (Phi) is 2.84. The van der Waals surface area contributed by atoms with Crippen LogP contribution in [0.2, 0.25) is 0 Å². The summed E-state index contributed by atoms with van der Waals surface area (Å²) in [7, 11) is 0. The minimum Gasteiger partial charge on any atom is -0.377 e. The second kappa shape index (κ2) is 4.37. The van der Waals surface area contributed by atoms with Gasteiger partial charge in [-0.2, -0.15) is 0 Å². The van der Waals surface area contributed by atoms with Gasteiger partial charge in [0.1, 0.15) is 0 Å². The third kappa shape index (κ3) is 2.02. The molecule has 1 aromatic rings. The number of rotatable bonds is 4. The van der Waals surface area contributed by atoms with E-state index in [1.54, 1.807) is 0 Å². The van der Waals surface area contributed by atoms with Crippen molar-refractivity contribution in [2.24, 2.45) is 0 Å². The van der Waals surface area contributed by atoms with Crippen molar-refractivity contribution in [1.82, 2.24) is 10.2 Å². The molecule has 2 aliphatic rings. The molecule has 1 aromatic carbocycles. The van der Waals surface area contributed by atoms with Crippen molar-refractivity contribution in [3.63, 3.8) is 0 Å². The first kappa shape index (κ1) is 11.7. The van der Waals surface area contributed by atoms with Crippen LogP contribution in [0.1, 0.15) is 23.6 Å². The Hall–Kier alpha value is -1.39. The van der Waals surface area contributed by atoms with E-state index >= 15 is 0 Å². The van der Waals surface area contributed by atoms with Crippen LogP contribution in [0.3, 0.4) is 0 Å². The molecular weight excluding hydrogens is 228 g/mol. The highest BCUT2D eigenvalue weighted by atomic mass is 16.5. The lowest BCUT2D eigenvalue weighted by molar-refractivity contribution is -0.118. The number of hydrogen-bond donors (Lipinski definition) is 1. The summed E-state index contributed by atoms with van der Waals surface area (Å²) in [4.78, 5) is 12.7. The standard InChI is InChI=1S/C14H18N2O2/c1-14(8-18-9-14)15-5-11-3-2-4-12-6-16(10-17)7-13(11)12/h2-4,10,15H,5-9H2,1H3. The van der Waals surface area contributed by atoms with Gasteiger partial charge in [0.05, 0.1) is 18.8 Å². The monoisotopic (exact) mass is 246 g/mol. The van der Waals surface area contributed by atoms with Gasteiger partial charge in [0.25, 0.3) is 0 Å². The van der Waals surface area contributed by atoms with Crippen LogP contribution in [-0.2, 0) is 29.2 Å². The summed E-state index contributed by atoms with van der Waals surface area (Å²) in [5, 5.41) is 3.54. The van der Waals surface area contributed by atoms with Gasteiger partial charge in [-0.1, -0.05) is 18.2 Å². The fourth-order valence-corrected chi connectivity index (χ4v) is 2.58. The summed E-state index contributed by atoms with van der Waals surface area (Å²) in [6, 6.07) is 6.32. The van der Waals surface area contributed by atoms with E-state index in [4.69, 9.17) is 4.74 Å². The van der Waals surface area contributed by atoms with Gasteiger partial charge in [0.15, 0.2) is 0 Å². The van der Waals surface area contributed by atoms with Crippen molar-refractivity contribution in [2.75, 3.05) is 13.2 Å². The van der Waals surface area contributed by atoms with Crippen molar-refractivity contribution in [3.8, 4) is 0 Å². The second-order valence-corrected chi connectivity index (χ2v) is 5.47. The summed E-state index contributed by atoms with van der Waals surface area (Å²) in [5.74, 6) is 0. The first-order chi connectivity index (χ1) is 8.70. The summed E-state index contributed by atoms with van der Waals surface area (Å²) in [6.45, 7) is 6.06. The smallest absolute Gasteiger partial charge is 0.210 e. The fourth-order valence-electron chi connectivity index (χ4n) is 2.58. The maximum Gasteiger partial charge on any atom is 0.210 e. The largest absolute Gasteiger partial charge is 0.377 e. The molecule has 4 heteroatoms. The number of carbonyl (C=O) groups excluding carboxylic acids is 1. The van der Waals surface area contributed by atoms with Gasteiger partial charge in [0, 0.05) is 19.6 Å². The molecule has 18 heavy (non-hydrogen) atoms. The topological polar surface area (TPSA) is 41.6 Å². The number of fused-ring (bicyclic) bond motifs is 1. The molecule has 3 rings (SSSR count). The molecule has 0 saturated carbocycles. The lowest BCUT2D eigenvalue weighted by Gasteiger charge is -2.39. The van der Waals surface area contributed by atoms with E-state index in [0.717, 1.165) is 39.3 Å². The van der Waals surface area contributed by atoms with Gasteiger partial charge in [-0.05, 0) is 23.6 Å². The lowest BCUT2D eigenvalue weighted by Crippen LogP contribution is -2.57. The molecule has 0 aliphatic carbocycles. The third-order valence-electron chi connectivity index (χ3n) is 3.80. The first-order valence-corrected chi connectivity index (χ1v) is 6.32. The first-order valence-electron chi connectivity index (χ1n) is 6.32. The Balaban J connectivity index is 1.73. The van der Waals surface area contributed by atoms with E-state index in [9.17, 15) is 4.79 Å². The Bertz CT molecular complexity index is 469. The maximum absolute atomic E-state index is 10.9. The average Bonchev–Trinajstić information content (AvgIpc) is 2.77. The van der Waals surface area contributed by atoms with Gasteiger partial charge >= 0.3 is 0 Å². The minimum atomic E-state index is 0.117. The summed E-state index contributed by atoms with van der Waals surface area (Å²) >= 11 is 0. The Labute approximate surface area is 107 Å². The fraction of sp³-hybridized carbons (Fsp3) is 0.500.